The molecule has 1 aromatic heterocycles. The standard InChI is InChI=1S/C10H17ClN2/c1-6-13-8(10(3,4)5)7(2)9(11)12-13/h6H2,1-5H3. The zero-order valence-corrected chi connectivity index (χ0v) is 9.74. The molecule has 0 atom stereocenters. The summed E-state index contributed by atoms with van der Waals surface area (Å²) in [6, 6.07) is 0. The normalized spacial score (nSPS) is 12.2. The number of halogens is 1. The molecule has 0 aliphatic carbocycles. The first-order valence-corrected chi connectivity index (χ1v) is 4.99. The molecule has 0 radical (unpaired) electrons. The topological polar surface area (TPSA) is 17.8 Å². The average Bonchev–Trinajstić information content (AvgIpc) is 2.26. The minimum atomic E-state index is 0.111. The molecule has 3 heteroatoms. The number of aryl methyl sites for hydroxylation is 1. The highest BCUT2D eigenvalue weighted by Crippen LogP contribution is 2.29. The third-order valence-electron chi connectivity index (χ3n) is 2.14. The summed E-state index contributed by atoms with van der Waals surface area (Å²) in [6.45, 7) is 11.5. The molecule has 2 nitrogen and oxygen atoms in total. The van der Waals surface area contributed by atoms with Gasteiger partial charge in [-0.3, -0.25) is 4.68 Å². The molecule has 1 heterocycles. The summed E-state index contributed by atoms with van der Waals surface area (Å²) in [5.41, 5.74) is 2.45. The number of hydrogen-bond acceptors (Lipinski definition) is 1. The first kappa shape index (κ1) is 10.6. The van der Waals surface area contributed by atoms with Crippen LogP contribution in [-0.2, 0) is 12.0 Å². The molecule has 0 fully saturated rings. The van der Waals surface area contributed by atoms with Crippen LogP contribution in [0.3, 0.4) is 0 Å². The Labute approximate surface area is 84.9 Å². The zero-order valence-electron chi connectivity index (χ0n) is 8.98. The Morgan fingerprint density at radius 1 is 1.38 bits per heavy atom. The summed E-state index contributed by atoms with van der Waals surface area (Å²) in [7, 11) is 0. The third kappa shape index (κ3) is 1.88. The van der Waals surface area contributed by atoms with E-state index < -0.39 is 0 Å². The second-order valence-corrected chi connectivity index (χ2v) is 4.69. The molecule has 0 saturated heterocycles. The van der Waals surface area contributed by atoms with Gasteiger partial charge in [-0.1, -0.05) is 32.4 Å². The Balaban J connectivity index is 3.33. The predicted octanol–water partition coefficient (Wildman–Crippen LogP) is 3.16. The monoisotopic (exact) mass is 200 g/mol. The summed E-state index contributed by atoms with van der Waals surface area (Å²) < 4.78 is 1.98. The molecular weight excluding hydrogens is 184 g/mol. The molecule has 0 aliphatic rings. The minimum Gasteiger partial charge on any atom is -0.268 e. The summed E-state index contributed by atoms with van der Waals surface area (Å²) in [5, 5.41) is 4.91. The van der Waals surface area contributed by atoms with Gasteiger partial charge in [-0.15, -0.1) is 0 Å². The number of rotatable bonds is 1. The second-order valence-electron chi connectivity index (χ2n) is 4.33. The van der Waals surface area contributed by atoms with Crippen LogP contribution < -0.4 is 0 Å². The van der Waals surface area contributed by atoms with Crippen LogP contribution in [0, 0.1) is 6.92 Å². The van der Waals surface area contributed by atoms with Crippen molar-refractivity contribution in [1.29, 1.82) is 0 Å². The van der Waals surface area contributed by atoms with Crippen molar-refractivity contribution in [3.63, 3.8) is 0 Å². The highest BCUT2D eigenvalue weighted by atomic mass is 35.5. The van der Waals surface area contributed by atoms with E-state index in [9.17, 15) is 0 Å². The molecule has 74 valence electrons. The van der Waals surface area contributed by atoms with Gasteiger partial charge in [0.05, 0.1) is 0 Å². The van der Waals surface area contributed by atoms with Gasteiger partial charge in [-0.2, -0.15) is 5.10 Å². The minimum absolute atomic E-state index is 0.111. The van der Waals surface area contributed by atoms with Crippen molar-refractivity contribution in [3.8, 4) is 0 Å². The Bertz CT molecular complexity index is 307. The van der Waals surface area contributed by atoms with E-state index in [1.165, 1.54) is 5.69 Å². The number of aromatic nitrogens is 2. The van der Waals surface area contributed by atoms with E-state index in [2.05, 4.69) is 32.8 Å². The van der Waals surface area contributed by atoms with E-state index in [0.717, 1.165) is 12.1 Å². The first-order chi connectivity index (χ1) is 5.88. The fourth-order valence-electron chi connectivity index (χ4n) is 1.70. The maximum Gasteiger partial charge on any atom is 0.154 e. The molecule has 0 amide bonds. The molecule has 0 aliphatic heterocycles. The first-order valence-electron chi connectivity index (χ1n) is 4.61. The van der Waals surface area contributed by atoms with E-state index in [1.807, 2.05) is 11.6 Å². The quantitative estimate of drug-likeness (QED) is 0.681. The molecule has 1 rings (SSSR count). The van der Waals surface area contributed by atoms with Gasteiger partial charge in [-0.05, 0) is 13.8 Å². The molecule has 0 spiro atoms. The summed E-state index contributed by atoms with van der Waals surface area (Å²) in [5.74, 6) is 0. The molecule has 13 heavy (non-hydrogen) atoms. The maximum absolute atomic E-state index is 5.99. The van der Waals surface area contributed by atoms with Crippen LogP contribution in [0.4, 0.5) is 0 Å². The fourth-order valence-corrected chi connectivity index (χ4v) is 1.88. The van der Waals surface area contributed by atoms with Gasteiger partial charge in [0, 0.05) is 23.2 Å². The lowest BCUT2D eigenvalue weighted by Crippen LogP contribution is -2.19. The highest BCUT2D eigenvalue weighted by Gasteiger charge is 2.23. The van der Waals surface area contributed by atoms with Gasteiger partial charge in [0.1, 0.15) is 0 Å². The van der Waals surface area contributed by atoms with Gasteiger partial charge in [0.15, 0.2) is 5.15 Å². The largest absolute Gasteiger partial charge is 0.268 e. The SMILES string of the molecule is CCn1nc(Cl)c(C)c1C(C)(C)C. The van der Waals surface area contributed by atoms with Crippen LogP contribution in [0.15, 0.2) is 0 Å². The summed E-state index contributed by atoms with van der Waals surface area (Å²) in [6.07, 6.45) is 0. The van der Waals surface area contributed by atoms with Gasteiger partial charge in [0.25, 0.3) is 0 Å². The smallest absolute Gasteiger partial charge is 0.154 e. The fraction of sp³-hybridized carbons (Fsp3) is 0.700. The Kier molecular flexibility index (Phi) is 2.71. The zero-order chi connectivity index (χ0) is 10.2. The van der Waals surface area contributed by atoms with E-state index in [1.54, 1.807) is 0 Å². The van der Waals surface area contributed by atoms with Crippen molar-refractivity contribution in [2.45, 2.75) is 46.6 Å². The third-order valence-corrected chi connectivity index (χ3v) is 2.50. The van der Waals surface area contributed by atoms with E-state index in [0.29, 0.717) is 5.15 Å². The lowest BCUT2D eigenvalue weighted by atomic mass is 9.89. The van der Waals surface area contributed by atoms with Gasteiger partial charge >= 0.3 is 0 Å². The van der Waals surface area contributed by atoms with Crippen LogP contribution in [0.25, 0.3) is 0 Å². The van der Waals surface area contributed by atoms with Crippen LogP contribution in [0.2, 0.25) is 5.15 Å². The number of hydrogen-bond donors (Lipinski definition) is 0. The second kappa shape index (κ2) is 3.33. The van der Waals surface area contributed by atoms with Gasteiger partial charge < -0.3 is 0 Å². The van der Waals surface area contributed by atoms with Gasteiger partial charge in [0.2, 0.25) is 0 Å². The van der Waals surface area contributed by atoms with Crippen molar-refractivity contribution < 1.29 is 0 Å². The van der Waals surface area contributed by atoms with E-state index in [-0.39, 0.29) is 5.41 Å². The predicted molar refractivity (Wildman–Crippen MR) is 56.3 cm³/mol. The summed E-state index contributed by atoms with van der Waals surface area (Å²) in [4.78, 5) is 0. The van der Waals surface area contributed by atoms with Crippen LogP contribution >= 0.6 is 11.6 Å². The number of nitrogens with zero attached hydrogens (tertiary/aromatic N) is 2. The Hall–Kier alpha value is -0.500. The van der Waals surface area contributed by atoms with Crippen LogP contribution in [0.5, 0.6) is 0 Å². The lowest BCUT2D eigenvalue weighted by Gasteiger charge is -2.20. The van der Waals surface area contributed by atoms with Crippen LogP contribution in [-0.4, -0.2) is 9.78 Å². The van der Waals surface area contributed by atoms with E-state index >= 15 is 0 Å². The highest BCUT2D eigenvalue weighted by molar-refractivity contribution is 6.30. The van der Waals surface area contributed by atoms with E-state index in [4.69, 9.17) is 11.6 Å². The van der Waals surface area contributed by atoms with Crippen molar-refractivity contribution >= 4 is 11.6 Å². The molecule has 0 unspecified atom stereocenters. The molecule has 1 aromatic rings. The van der Waals surface area contributed by atoms with Crippen LogP contribution in [0.1, 0.15) is 39.0 Å². The van der Waals surface area contributed by atoms with Crippen molar-refractivity contribution in [3.05, 3.63) is 16.4 Å². The average molecular weight is 201 g/mol. The van der Waals surface area contributed by atoms with Crippen molar-refractivity contribution in [2.24, 2.45) is 0 Å². The molecule has 0 aromatic carbocycles. The summed E-state index contributed by atoms with van der Waals surface area (Å²) >= 11 is 5.99. The Morgan fingerprint density at radius 2 is 1.92 bits per heavy atom. The van der Waals surface area contributed by atoms with Gasteiger partial charge in [-0.25, -0.2) is 0 Å². The Morgan fingerprint density at radius 3 is 2.23 bits per heavy atom. The van der Waals surface area contributed by atoms with Crippen molar-refractivity contribution in [2.75, 3.05) is 0 Å². The van der Waals surface area contributed by atoms with Crippen molar-refractivity contribution in [1.82, 2.24) is 9.78 Å². The molecular formula is C10H17ClN2. The lowest BCUT2D eigenvalue weighted by molar-refractivity contribution is 0.495. The molecule has 0 saturated carbocycles. The molecule has 0 N–H and O–H groups in total. The maximum atomic E-state index is 5.99. The molecule has 0 bridgehead atoms.